The number of benzene rings is 1. The number of hydrogen-bond donors (Lipinski definition) is 2. The second-order valence-corrected chi connectivity index (χ2v) is 7.25. The van der Waals surface area contributed by atoms with E-state index in [0.717, 1.165) is 0 Å². The minimum atomic E-state index is -1.03. The van der Waals surface area contributed by atoms with Gasteiger partial charge in [0.2, 0.25) is 0 Å². The number of guanidine groups is 1. The summed E-state index contributed by atoms with van der Waals surface area (Å²) >= 11 is 0. The molecule has 4 rings (SSSR count). The Kier molecular flexibility index (Phi) is 4.79. The molecule has 4 N–H and O–H groups in total. The number of hydrogen-bond acceptors (Lipinski definition) is 5. The van der Waals surface area contributed by atoms with E-state index < -0.39 is 23.7 Å². The van der Waals surface area contributed by atoms with Crippen molar-refractivity contribution in [3.05, 3.63) is 47.7 Å². The molecule has 0 atom stereocenters. The quantitative estimate of drug-likeness (QED) is 0.590. The second-order valence-electron chi connectivity index (χ2n) is 7.25. The number of nitrogens with two attached hydrogens (primary N) is 2. The third-order valence-corrected chi connectivity index (χ3v) is 4.95. The summed E-state index contributed by atoms with van der Waals surface area (Å²) in [5.41, 5.74) is 10.8. The van der Waals surface area contributed by atoms with Gasteiger partial charge in [0.05, 0.1) is 18.6 Å². The third-order valence-electron chi connectivity index (χ3n) is 4.95. The Morgan fingerprint density at radius 1 is 1.31 bits per heavy atom. The molecule has 0 unspecified atom stereocenters. The molecule has 152 valence electrons. The molecule has 2 aliphatic rings. The molecule has 10 heteroatoms. The van der Waals surface area contributed by atoms with Gasteiger partial charge in [-0.2, -0.15) is 0 Å². The monoisotopic (exact) mass is 403 g/mol. The molecule has 8 nitrogen and oxygen atoms in total. The van der Waals surface area contributed by atoms with Crippen molar-refractivity contribution in [1.82, 2.24) is 4.98 Å². The topological polar surface area (TPSA) is 116 Å². The van der Waals surface area contributed by atoms with Crippen LogP contribution < -0.4 is 16.4 Å². The number of rotatable bonds is 4. The van der Waals surface area contributed by atoms with E-state index in [1.807, 2.05) is 4.90 Å². The van der Waals surface area contributed by atoms with Gasteiger partial charge in [0.15, 0.2) is 17.6 Å². The Labute approximate surface area is 165 Å². The van der Waals surface area contributed by atoms with E-state index in [1.54, 1.807) is 6.07 Å². The summed E-state index contributed by atoms with van der Waals surface area (Å²) in [5, 5.41) is 0. The highest BCUT2D eigenvalue weighted by atomic mass is 19.1. The molecular weight excluding hydrogens is 384 g/mol. The van der Waals surface area contributed by atoms with Crippen LogP contribution in [0.15, 0.2) is 35.5 Å². The van der Waals surface area contributed by atoms with E-state index in [1.165, 1.54) is 24.4 Å². The van der Waals surface area contributed by atoms with Gasteiger partial charge in [-0.3, -0.25) is 0 Å². The van der Waals surface area contributed by atoms with Crippen LogP contribution in [0.2, 0.25) is 0 Å². The number of pyridine rings is 1. The average Bonchev–Trinajstić information content (AvgIpc) is 2.59. The number of halogens is 2. The first-order valence-electron chi connectivity index (χ1n) is 8.89. The summed E-state index contributed by atoms with van der Waals surface area (Å²) in [7, 11) is 0. The van der Waals surface area contributed by atoms with Crippen LogP contribution in [0.3, 0.4) is 0 Å². The van der Waals surface area contributed by atoms with Gasteiger partial charge in [0.25, 0.3) is 0 Å². The summed E-state index contributed by atoms with van der Waals surface area (Å²) in [6.45, 7) is 2.40. The van der Waals surface area contributed by atoms with Crippen LogP contribution in [0, 0.1) is 17.0 Å². The lowest BCUT2D eigenvalue weighted by Crippen LogP contribution is -2.66. The molecule has 0 bridgehead atoms. The van der Waals surface area contributed by atoms with Gasteiger partial charge in [-0.25, -0.2) is 18.6 Å². The lowest BCUT2D eigenvalue weighted by atomic mass is 9.78. The molecule has 1 aromatic carbocycles. The maximum absolute atomic E-state index is 14.8. The van der Waals surface area contributed by atoms with Gasteiger partial charge in [0, 0.05) is 36.0 Å². The number of carbonyl (C=O) groups excluding carboxylic acids is 1. The van der Waals surface area contributed by atoms with E-state index in [-0.39, 0.29) is 34.5 Å². The minimum Gasteiger partial charge on any atom is -0.443 e. The number of ether oxygens (including phenoxy) is 2. The van der Waals surface area contributed by atoms with Gasteiger partial charge < -0.3 is 25.8 Å². The van der Waals surface area contributed by atoms with Crippen molar-refractivity contribution in [1.29, 1.82) is 0 Å². The number of carbonyl (C=O) groups is 1. The zero-order valence-corrected chi connectivity index (χ0v) is 15.4. The third kappa shape index (κ3) is 3.70. The molecule has 1 spiro atoms. The predicted octanol–water partition coefficient (Wildman–Crippen LogP) is 1.77. The first-order chi connectivity index (χ1) is 13.9. The molecule has 2 fully saturated rings. The molecule has 2 aliphatic heterocycles. The van der Waals surface area contributed by atoms with Crippen molar-refractivity contribution < 1.29 is 23.0 Å². The van der Waals surface area contributed by atoms with E-state index in [4.69, 9.17) is 20.9 Å². The molecule has 0 aliphatic carbocycles. The summed E-state index contributed by atoms with van der Waals surface area (Å²) in [5.74, 6) is -1.38. The molecule has 0 radical (unpaired) electrons. The van der Waals surface area contributed by atoms with Crippen molar-refractivity contribution in [2.24, 2.45) is 21.9 Å². The SMILES string of the molecule is NC(N)=NC(=O)OCc1cccc(-c2cnc(N3CC4(COC4)C3)c(F)c2)c1F. The summed E-state index contributed by atoms with van der Waals surface area (Å²) in [6, 6.07) is 5.76. The maximum Gasteiger partial charge on any atom is 0.437 e. The van der Waals surface area contributed by atoms with Crippen LogP contribution in [0.1, 0.15) is 5.56 Å². The summed E-state index contributed by atoms with van der Waals surface area (Å²) in [6.07, 6.45) is 0.393. The van der Waals surface area contributed by atoms with Crippen molar-refractivity contribution in [3.63, 3.8) is 0 Å². The van der Waals surface area contributed by atoms with E-state index in [2.05, 4.69) is 9.98 Å². The molecule has 1 amide bonds. The predicted molar refractivity (Wildman–Crippen MR) is 101 cm³/mol. The molecule has 2 saturated heterocycles. The van der Waals surface area contributed by atoms with Crippen LogP contribution >= 0.6 is 0 Å². The lowest BCUT2D eigenvalue weighted by molar-refractivity contribution is -0.127. The van der Waals surface area contributed by atoms with Crippen LogP contribution in [0.4, 0.5) is 19.4 Å². The highest BCUT2D eigenvalue weighted by molar-refractivity contribution is 5.87. The zero-order chi connectivity index (χ0) is 20.6. The minimum absolute atomic E-state index is 0.0980. The van der Waals surface area contributed by atoms with Crippen LogP contribution in [-0.2, 0) is 16.1 Å². The van der Waals surface area contributed by atoms with E-state index in [9.17, 15) is 13.6 Å². The Balaban J connectivity index is 1.50. The maximum atomic E-state index is 14.8. The first-order valence-corrected chi connectivity index (χ1v) is 8.89. The first kappa shape index (κ1) is 19.1. The molecule has 3 heterocycles. The molecule has 2 aromatic rings. The van der Waals surface area contributed by atoms with Crippen molar-refractivity contribution in [2.45, 2.75) is 6.61 Å². The van der Waals surface area contributed by atoms with Crippen LogP contribution in [-0.4, -0.2) is 43.3 Å². The summed E-state index contributed by atoms with van der Waals surface area (Å²) < 4.78 is 39.5. The number of aliphatic imine (C=N–C) groups is 1. The van der Waals surface area contributed by atoms with Gasteiger partial charge >= 0.3 is 6.09 Å². The molecule has 0 saturated carbocycles. The number of anilines is 1. The van der Waals surface area contributed by atoms with E-state index in [0.29, 0.717) is 26.3 Å². The second kappa shape index (κ2) is 7.28. The van der Waals surface area contributed by atoms with Gasteiger partial charge in [-0.05, 0) is 6.07 Å². The average molecular weight is 403 g/mol. The number of amides is 1. The fourth-order valence-corrected chi connectivity index (χ4v) is 3.49. The van der Waals surface area contributed by atoms with Gasteiger partial charge in [-0.1, -0.05) is 18.2 Å². The highest BCUT2D eigenvalue weighted by Gasteiger charge is 2.50. The van der Waals surface area contributed by atoms with Crippen molar-refractivity contribution >= 4 is 17.9 Å². The largest absolute Gasteiger partial charge is 0.443 e. The van der Waals surface area contributed by atoms with Gasteiger partial charge in [0.1, 0.15) is 12.4 Å². The molecule has 29 heavy (non-hydrogen) atoms. The Bertz CT molecular complexity index is 982. The highest BCUT2D eigenvalue weighted by Crippen LogP contribution is 2.40. The smallest absolute Gasteiger partial charge is 0.437 e. The normalized spacial score (nSPS) is 16.7. The van der Waals surface area contributed by atoms with Crippen molar-refractivity contribution in [3.8, 4) is 11.1 Å². The van der Waals surface area contributed by atoms with Crippen LogP contribution in [0.5, 0.6) is 0 Å². The number of aromatic nitrogens is 1. The van der Waals surface area contributed by atoms with Crippen molar-refractivity contribution in [2.75, 3.05) is 31.2 Å². The zero-order valence-electron chi connectivity index (χ0n) is 15.4. The summed E-state index contributed by atoms with van der Waals surface area (Å²) in [4.78, 5) is 20.6. The molecule has 1 aromatic heterocycles. The van der Waals surface area contributed by atoms with Crippen LogP contribution in [0.25, 0.3) is 11.1 Å². The van der Waals surface area contributed by atoms with Gasteiger partial charge in [-0.15, -0.1) is 4.99 Å². The lowest BCUT2D eigenvalue weighted by Gasteiger charge is -2.55. The molecular formula is C19H19F2N5O3. The Hall–Kier alpha value is -3.27. The van der Waals surface area contributed by atoms with E-state index >= 15 is 0 Å². The Morgan fingerprint density at radius 3 is 2.69 bits per heavy atom. The number of nitrogens with zero attached hydrogens (tertiary/aromatic N) is 3. The Morgan fingerprint density at radius 2 is 2.07 bits per heavy atom. The fraction of sp³-hybridized carbons (Fsp3) is 0.316. The standard InChI is InChI=1S/C19H19F2N5O3/c20-14-4-12(5-24-16(14)26-7-19(8-26)9-28-10-19)13-3-1-2-11(15(13)21)6-29-18(27)25-17(22)23/h1-5H,6-10H2,(H4,22,23,25,27). The fourth-order valence-electron chi connectivity index (χ4n) is 3.49.